The van der Waals surface area contributed by atoms with E-state index >= 15 is 0 Å². The van der Waals surface area contributed by atoms with E-state index in [0.29, 0.717) is 25.4 Å². The van der Waals surface area contributed by atoms with Gasteiger partial charge < -0.3 is 10.2 Å². The fourth-order valence-corrected chi connectivity index (χ4v) is 3.21. The van der Waals surface area contributed by atoms with Crippen LogP contribution in [0.3, 0.4) is 0 Å². The summed E-state index contributed by atoms with van der Waals surface area (Å²) >= 11 is 3.40. The van der Waals surface area contributed by atoms with Gasteiger partial charge in [-0.3, -0.25) is 14.5 Å². The van der Waals surface area contributed by atoms with Gasteiger partial charge in [0.1, 0.15) is 0 Å². The summed E-state index contributed by atoms with van der Waals surface area (Å²) in [6.45, 7) is 8.89. The van der Waals surface area contributed by atoms with Crippen LogP contribution in [0.5, 0.6) is 0 Å². The average molecular weight is 396 g/mol. The van der Waals surface area contributed by atoms with Gasteiger partial charge in [0.25, 0.3) is 0 Å². The van der Waals surface area contributed by atoms with Crippen LogP contribution < -0.4 is 5.32 Å². The molecule has 1 atom stereocenters. The molecule has 5 nitrogen and oxygen atoms in total. The van der Waals surface area contributed by atoms with Crippen molar-refractivity contribution in [2.24, 2.45) is 5.92 Å². The lowest BCUT2D eigenvalue weighted by molar-refractivity contribution is -0.134. The second kappa shape index (κ2) is 8.62. The second-order valence-corrected chi connectivity index (χ2v) is 7.61. The number of halogens is 1. The predicted octanol–water partition coefficient (Wildman–Crippen LogP) is 2.97. The van der Waals surface area contributed by atoms with Gasteiger partial charge >= 0.3 is 0 Å². The maximum absolute atomic E-state index is 12.4. The molecule has 1 fully saturated rings. The van der Waals surface area contributed by atoms with E-state index in [9.17, 15) is 9.59 Å². The summed E-state index contributed by atoms with van der Waals surface area (Å²) in [6.07, 6.45) is 0.596. The van der Waals surface area contributed by atoms with Crippen LogP contribution in [0, 0.1) is 5.92 Å². The van der Waals surface area contributed by atoms with Crippen molar-refractivity contribution in [2.45, 2.75) is 33.2 Å². The molecule has 1 unspecified atom stereocenters. The summed E-state index contributed by atoms with van der Waals surface area (Å²) in [4.78, 5) is 28.6. The third kappa shape index (κ3) is 5.31. The highest BCUT2D eigenvalue weighted by Gasteiger charge is 2.27. The molecule has 1 aromatic rings. The highest BCUT2D eigenvalue weighted by molar-refractivity contribution is 9.10. The minimum absolute atomic E-state index is 0.0185. The number of amides is 2. The SMILES string of the molecule is CC(C)CC(=O)N1CCN(C(C)C(=O)Nc2cccc(Br)c2)CC1. The van der Waals surface area contributed by atoms with Gasteiger partial charge in [0, 0.05) is 42.8 Å². The van der Waals surface area contributed by atoms with Crippen molar-refractivity contribution in [1.29, 1.82) is 0 Å². The lowest BCUT2D eigenvalue weighted by Crippen LogP contribution is -2.54. The Balaban J connectivity index is 1.84. The summed E-state index contributed by atoms with van der Waals surface area (Å²) in [5.74, 6) is 0.580. The molecule has 0 spiro atoms. The van der Waals surface area contributed by atoms with Crippen molar-refractivity contribution in [3.05, 3.63) is 28.7 Å². The minimum Gasteiger partial charge on any atom is -0.340 e. The highest BCUT2D eigenvalue weighted by atomic mass is 79.9. The fourth-order valence-electron chi connectivity index (χ4n) is 2.82. The van der Waals surface area contributed by atoms with Gasteiger partial charge in [-0.1, -0.05) is 35.8 Å². The molecule has 2 amide bonds. The first-order valence-electron chi connectivity index (χ1n) is 8.45. The van der Waals surface area contributed by atoms with E-state index in [-0.39, 0.29) is 17.9 Å². The van der Waals surface area contributed by atoms with Crippen molar-refractivity contribution < 1.29 is 9.59 Å². The van der Waals surface area contributed by atoms with Crippen molar-refractivity contribution in [3.8, 4) is 0 Å². The molecule has 1 aromatic carbocycles. The smallest absolute Gasteiger partial charge is 0.241 e. The fraction of sp³-hybridized carbons (Fsp3) is 0.556. The number of nitrogens with one attached hydrogen (secondary N) is 1. The number of carbonyl (C=O) groups is 2. The molecule has 0 saturated carbocycles. The maximum Gasteiger partial charge on any atom is 0.241 e. The number of hydrogen-bond acceptors (Lipinski definition) is 3. The second-order valence-electron chi connectivity index (χ2n) is 6.69. The quantitative estimate of drug-likeness (QED) is 0.833. The summed E-state index contributed by atoms with van der Waals surface area (Å²) < 4.78 is 0.935. The zero-order chi connectivity index (χ0) is 17.7. The summed E-state index contributed by atoms with van der Waals surface area (Å²) in [7, 11) is 0. The number of anilines is 1. The van der Waals surface area contributed by atoms with Gasteiger partial charge in [-0.15, -0.1) is 0 Å². The lowest BCUT2D eigenvalue weighted by Gasteiger charge is -2.37. The van der Waals surface area contributed by atoms with E-state index < -0.39 is 0 Å². The van der Waals surface area contributed by atoms with Gasteiger partial charge in [-0.25, -0.2) is 0 Å². The van der Waals surface area contributed by atoms with Crippen LogP contribution in [0.25, 0.3) is 0 Å². The van der Waals surface area contributed by atoms with Crippen LogP contribution in [-0.4, -0.2) is 53.8 Å². The topological polar surface area (TPSA) is 52.7 Å². The number of piperazine rings is 1. The monoisotopic (exact) mass is 395 g/mol. The van der Waals surface area contributed by atoms with E-state index in [0.717, 1.165) is 23.2 Å². The molecular formula is C18H26BrN3O2. The van der Waals surface area contributed by atoms with Crippen LogP contribution in [0.4, 0.5) is 5.69 Å². The molecule has 0 bridgehead atoms. The van der Waals surface area contributed by atoms with Crippen molar-refractivity contribution in [2.75, 3.05) is 31.5 Å². The normalized spacial score (nSPS) is 17.0. The van der Waals surface area contributed by atoms with Crippen molar-refractivity contribution in [3.63, 3.8) is 0 Å². The largest absolute Gasteiger partial charge is 0.340 e. The lowest BCUT2D eigenvalue weighted by atomic mass is 10.1. The number of rotatable bonds is 5. The van der Waals surface area contributed by atoms with E-state index in [1.165, 1.54) is 0 Å². The van der Waals surface area contributed by atoms with Gasteiger partial charge in [0.15, 0.2) is 0 Å². The third-order valence-electron chi connectivity index (χ3n) is 4.27. The number of hydrogen-bond donors (Lipinski definition) is 1. The summed E-state index contributed by atoms with van der Waals surface area (Å²) in [5.41, 5.74) is 0.784. The highest BCUT2D eigenvalue weighted by Crippen LogP contribution is 2.17. The molecule has 1 heterocycles. The molecular weight excluding hydrogens is 370 g/mol. The Hall–Kier alpha value is -1.40. The van der Waals surface area contributed by atoms with Gasteiger partial charge in [-0.2, -0.15) is 0 Å². The average Bonchev–Trinajstić information content (AvgIpc) is 2.53. The standard InChI is InChI=1S/C18H26BrN3O2/c1-13(2)11-17(23)22-9-7-21(8-10-22)14(3)18(24)20-16-6-4-5-15(19)12-16/h4-6,12-14H,7-11H2,1-3H3,(H,20,24). The third-order valence-corrected chi connectivity index (χ3v) is 4.76. The molecule has 0 aromatic heterocycles. The van der Waals surface area contributed by atoms with Crippen LogP contribution in [0.1, 0.15) is 27.2 Å². The Morgan fingerprint density at radius 1 is 1.17 bits per heavy atom. The summed E-state index contributed by atoms with van der Waals surface area (Å²) in [6, 6.07) is 7.35. The Morgan fingerprint density at radius 2 is 1.83 bits per heavy atom. The van der Waals surface area contributed by atoms with Crippen LogP contribution in [0.2, 0.25) is 0 Å². The van der Waals surface area contributed by atoms with Gasteiger partial charge in [0.05, 0.1) is 6.04 Å². The molecule has 2 rings (SSSR count). The van der Waals surface area contributed by atoms with E-state index in [1.807, 2.05) is 36.1 Å². The molecule has 1 saturated heterocycles. The van der Waals surface area contributed by atoms with Crippen LogP contribution in [-0.2, 0) is 9.59 Å². The number of benzene rings is 1. The molecule has 1 N–H and O–H groups in total. The Morgan fingerprint density at radius 3 is 2.42 bits per heavy atom. The zero-order valence-corrected chi connectivity index (χ0v) is 16.2. The predicted molar refractivity (Wildman–Crippen MR) is 99.8 cm³/mol. The molecule has 132 valence electrons. The molecule has 0 radical (unpaired) electrons. The maximum atomic E-state index is 12.4. The summed E-state index contributed by atoms with van der Waals surface area (Å²) in [5, 5.41) is 2.95. The molecule has 0 aliphatic carbocycles. The van der Waals surface area contributed by atoms with E-state index in [2.05, 4.69) is 40.0 Å². The van der Waals surface area contributed by atoms with Crippen LogP contribution >= 0.6 is 15.9 Å². The van der Waals surface area contributed by atoms with Gasteiger partial charge in [0.2, 0.25) is 11.8 Å². The zero-order valence-electron chi connectivity index (χ0n) is 14.6. The first kappa shape index (κ1) is 18.9. The van der Waals surface area contributed by atoms with Crippen LogP contribution in [0.15, 0.2) is 28.7 Å². The molecule has 6 heteroatoms. The number of carbonyl (C=O) groups excluding carboxylic acids is 2. The first-order valence-corrected chi connectivity index (χ1v) is 9.24. The van der Waals surface area contributed by atoms with Crippen molar-refractivity contribution >= 4 is 33.4 Å². The van der Waals surface area contributed by atoms with Crippen molar-refractivity contribution in [1.82, 2.24) is 9.80 Å². The number of nitrogens with zero attached hydrogens (tertiary/aromatic N) is 2. The Kier molecular flexibility index (Phi) is 6.80. The Bertz CT molecular complexity index is 583. The molecule has 24 heavy (non-hydrogen) atoms. The van der Waals surface area contributed by atoms with E-state index in [1.54, 1.807) is 0 Å². The Labute approximate surface area is 152 Å². The van der Waals surface area contributed by atoms with E-state index in [4.69, 9.17) is 0 Å². The van der Waals surface area contributed by atoms with Gasteiger partial charge in [-0.05, 0) is 31.0 Å². The minimum atomic E-state index is -0.216. The molecule has 1 aliphatic heterocycles. The first-order chi connectivity index (χ1) is 11.4. The molecule has 1 aliphatic rings.